The van der Waals surface area contributed by atoms with Crippen molar-refractivity contribution < 1.29 is 4.79 Å². The molecule has 0 spiro atoms. The lowest BCUT2D eigenvalue weighted by Crippen LogP contribution is -2.49. The van der Waals surface area contributed by atoms with Crippen molar-refractivity contribution in [1.29, 1.82) is 0 Å². The van der Waals surface area contributed by atoms with E-state index >= 15 is 0 Å². The average molecular weight is 379 g/mol. The first-order chi connectivity index (χ1) is 13.7. The smallest absolute Gasteiger partial charge is 0.223 e. The summed E-state index contributed by atoms with van der Waals surface area (Å²) in [7, 11) is 0. The Bertz CT molecular complexity index is 672. The van der Waals surface area contributed by atoms with E-state index < -0.39 is 0 Å². The number of allylic oxidation sites excluding steroid dienone is 2. The first-order valence-corrected chi connectivity index (χ1v) is 10.7. The summed E-state index contributed by atoms with van der Waals surface area (Å²) in [4.78, 5) is 17.3. The number of carbonyl (C=O) groups is 1. The molecule has 1 aromatic rings. The molecule has 4 aliphatic rings. The van der Waals surface area contributed by atoms with Gasteiger partial charge in [-0.15, -0.1) is 0 Å². The molecular weight excluding hydrogens is 344 g/mol. The SMILES string of the molecule is C=CC1=C(/C=C\C)CN(C(=O)C[C@H]2CN3CCC2CC3)CC1.c1ccccc1. The summed E-state index contributed by atoms with van der Waals surface area (Å²) in [5, 5.41) is 0. The van der Waals surface area contributed by atoms with E-state index in [4.69, 9.17) is 0 Å². The van der Waals surface area contributed by atoms with Gasteiger partial charge in [-0.3, -0.25) is 4.79 Å². The maximum atomic E-state index is 12.7. The Labute approximate surface area is 170 Å². The minimum absolute atomic E-state index is 0.351. The van der Waals surface area contributed by atoms with E-state index in [0.29, 0.717) is 11.8 Å². The van der Waals surface area contributed by atoms with Crippen molar-refractivity contribution in [3.8, 4) is 0 Å². The summed E-state index contributed by atoms with van der Waals surface area (Å²) >= 11 is 0. The van der Waals surface area contributed by atoms with Crippen LogP contribution in [0.15, 0.2) is 72.4 Å². The lowest BCUT2D eigenvalue weighted by Gasteiger charge is -2.45. The second-order valence-corrected chi connectivity index (χ2v) is 8.08. The van der Waals surface area contributed by atoms with Crippen molar-refractivity contribution >= 4 is 5.91 Å². The monoisotopic (exact) mass is 378 g/mol. The van der Waals surface area contributed by atoms with Gasteiger partial charge in [0.05, 0.1) is 0 Å². The molecule has 0 aliphatic carbocycles. The third-order valence-electron chi connectivity index (χ3n) is 6.29. The third kappa shape index (κ3) is 5.45. The second kappa shape index (κ2) is 10.4. The highest BCUT2D eigenvalue weighted by Crippen LogP contribution is 2.35. The predicted molar refractivity (Wildman–Crippen MR) is 117 cm³/mol. The minimum Gasteiger partial charge on any atom is -0.338 e. The number of hydrogen-bond donors (Lipinski definition) is 0. The van der Waals surface area contributed by atoms with Gasteiger partial charge in [0.25, 0.3) is 0 Å². The topological polar surface area (TPSA) is 23.6 Å². The second-order valence-electron chi connectivity index (χ2n) is 8.08. The molecule has 1 amide bonds. The maximum absolute atomic E-state index is 12.7. The van der Waals surface area contributed by atoms with E-state index in [2.05, 4.69) is 28.5 Å². The molecular formula is C25H34N2O. The fraction of sp³-hybridized carbons (Fsp3) is 0.480. The van der Waals surface area contributed by atoms with E-state index in [1.807, 2.05) is 49.4 Å². The number of piperidine rings is 3. The zero-order valence-corrected chi connectivity index (χ0v) is 17.2. The van der Waals surface area contributed by atoms with E-state index in [-0.39, 0.29) is 0 Å². The number of amides is 1. The summed E-state index contributed by atoms with van der Waals surface area (Å²) in [6, 6.07) is 12.0. The van der Waals surface area contributed by atoms with Crippen LogP contribution in [0.25, 0.3) is 0 Å². The quantitative estimate of drug-likeness (QED) is 0.758. The molecule has 2 bridgehead atoms. The summed E-state index contributed by atoms with van der Waals surface area (Å²) in [6.45, 7) is 11.2. The zero-order valence-electron chi connectivity index (χ0n) is 17.2. The standard InChI is InChI=1S/C19H28N2O.C6H6/c1-3-5-17-14-21(11-8-15(17)4-2)19(22)12-18-13-20-9-6-16(18)7-10-20;1-2-4-6-5-3-1/h3-5,16,18H,2,6-14H2,1H3;1-6H/b5-3-;/t18-;/m0./s1. The van der Waals surface area contributed by atoms with Crippen LogP contribution in [0.1, 0.15) is 32.6 Å². The van der Waals surface area contributed by atoms with Crippen LogP contribution in [0.3, 0.4) is 0 Å². The Balaban J connectivity index is 0.000000320. The number of rotatable bonds is 4. The Hall–Kier alpha value is -2.13. The van der Waals surface area contributed by atoms with Crippen LogP contribution in [0.2, 0.25) is 0 Å². The molecule has 28 heavy (non-hydrogen) atoms. The van der Waals surface area contributed by atoms with Crippen molar-refractivity contribution in [3.05, 3.63) is 72.4 Å². The van der Waals surface area contributed by atoms with Crippen LogP contribution >= 0.6 is 0 Å². The predicted octanol–water partition coefficient (Wildman–Crippen LogP) is 4.70. The van der Waals surface area contributed by atoms with E-state index in [0.717, 1.165) is 38.4 Å². The van der Waals surface area contributed by atoms with E-state index in [9.17, 15) is 4.79 Å². The Kier molecular flexibility index (Phi) is 7.67. The molecule has 150 valence electrons. The highest BCUT2D eigenvalue weighted by atomic mass is 16.2. The lowest BCUT2D eigenvalue weighted by molar-refractivity contribution is -0.133. The average Bonchev–Trinajstić information content (AvgIpc) is 2.76. The van der Waals surface area contributed by atoms with Crippen LogP contribution < -0.4 is 0 Å². The molecule has 1 aromatic carbocycles. The van der Waals surface area contributed by atoms with Crippen molar-refractivity contribution in [1.82, 2.24) is 9.80 Å². The largest absolute Gasteiger partial charge is 0.338 e. The van der Waals surface area contributed by atoms with Crippen LogP contribution in [-0.4, -0.2) is 48.4 Å². The molecule has 0 N–H and O–H groups in total. The number of hydrogen-bond acceptors (Lipinski definition) is 2. The van der Waals surface area contributed by atoms with Gasteiger partial charge in [-0.25, -0.2) is 0 Å². The molecule has 0 aromatic heterocycles. The van der Waals surface area contributed by atoms with Crippen LogP contribution in [0.5, 0.6) is 0 Å². The molecule has 4 heterocycles. The van der Waals surface area contributed by atoms with Crippen LogP contribution in [0.4, 0.5) is 0 Å². The van der Waals surface area contributed by atoms with Gasteiger partial charge in [0.1, 0.15) is 0 Å². The molecule has 0 radical (unpaired) electrons. The van der Waals surface area contributed by atoms with Gasteiger partial charge in [0, 0.05) is 26.1 Å². The molecule has 3 nitrogen and oxygen atoms in total. The lowest BCUT2D eigenvalue weighted by atomic mass is 9.77. The summed E-state index contributed by atoms with van der Waals surface area (Å²) < 4.78 is 0. The van der Waals surface area contributed by atoms with Crippen molar-refractivity contribution in [2.45, 2.75) is 32.6 Å². The van der Waals surface area contributed by atoms with Crippen molar-refractivity contribution in [3.63, 3.8) is 0 Å². The molecule has 4 aliphatic heterocycles. The molecule has 0 saturated carbocycles. The van der Waals surface area contributed by atoms with E-state index in [1.165, 1.54) is 37.1 Å². The normalized spacial score (nSPS) is 26.8. The third-order valence-corrected chi connectivity index (χ3v) is 6.29. The van der Waals surface area contributed by atoms with Gasteiger partial charge >= 0.3 is 0 Å². The van der Waals surface area contributed by atoms with Gasteiger partial charge in [0.2, 0.25) is 5.91 Å². The molecule has 3 heteroatoms. The van der Waals surface area contributed by atoms with Gasteiger partial charge in [-0.1, -0.05) is 61.2 Å². The first-order valence-electron chi connectivity index (χ1n) is 10.7. The summed E-state index contributed by atoms with van der Waals surface area (Å²) in [5.74, 6) is 1.72. The maximum Gasteiger partial charge on any atom is 0.223 e. The highest BCUT2D eigenvalue weighted by molar-refractivity contribution is 5.77. The van der Waals surface area contributed by atoms with Crippen molar-refractivity contribution in [2.75, 3.05) is 32.7 Å². The van der Waals surface area contributed by atoms with Crippen LogP contribution in [0, 0.1) is 11.8 Å². The van der Waals surface area contributed by atoms with Crippen LogP contribution in [-0.2, 0) is 4.79 Å². The summed E-state index contributed by atoms with van der Waals surface area (Å²) in [6.07, 6.45) is 10.4. The van der Waals surface area contributed by atoms with Gasteiger partial charge in [-0.05, 0) is 62.3 Å². The first kappa shape index (κ1) is 20.6. The Morgan fingerprint density at radius 3 is 2.21 bits per heavy atom. The minimum atomic E-state index is 0.351. The Morgan fingerprint density at radius 2 is 1.71 bits per heavy atom. The molecule has 5 rings (SSSR count). The molecule has 3 fully saturated rings. The highest BCUT2D eigenvalue weighted by Gasteiger charge is 2.36. The van der Waals surface area contributed by atoms with Gasteiger partial charge < -0.3 is 9.80 Å². The number of carbonyl (C=O) groups excluding carboxylic acids is 1. The van der Waals surface area contributed by atoms with Crippen molar-refractivity contribution in [2.24, 2.45) is 11.8 Å². The molecule has 3 saturated heterocycles. The zero-order chi connectivity index (χ0) is 19.8. The number of benzene rings is 1. The van der Waals surface area contributed by atoms with Gasteiger partial charge in [0.15, 0.2) is 0 Å². The van der Waals surface area contributed by atoms with Gasteiger partial charge in [-0.2, -0.15) is 0 Å². The summed E-state index contributed by atoms with van der Waals surface area (Å²) in [5.41, 5.74) is 2.55. The number of nitrogens with zero attached hydrogens (tertiary/aromatic N) is 2. The van der Waals surface area contributed by atoms with E-state index in [1.54, 1.807) is 0 Å². The fourth-order valence-electron chi connectivity index (χ4n) is 4.67. The molecule has 0 unspecified atom stereocenters. The molecule has 1 atom stereocenters. The fourth-order valence-corrected chi connectivity index (χ4v) is 4.67. The Morgan fingerprint density at radius 1 is 1.07 bits per heavy atom. The number of fused-ring (bicyclic) bond motifs is 3.